The van der Waals surface area contributed by atoms with Crippen molar-refractivity contribution in [3.8, 4) is 5.75 Å². The molecule has 1 rings (SSSR count). The molecule has 0 heterocycles. The van der Waals surface area contributed by atoms with Crippen LogP contribution < -0.4 is 4.74 Å². The van der Waals surface area contributed by atoms with Gasteiger partial charge in [0.25, 0.3) is 0 Å². The molecular formula is C12H19NOSi. The third kappa shape index (κ3) is 4.79. The van der Waals surface area contributed by atoms with Gasteiger partial charge in [-0.1, -0.05) is 19.6 Å². The molecule has 0 N–H and O–H groups in total. The van der Waals surface area contributed by atoms with Gasteiger partial charge >= 0.3 is 0 Å². The number of methoxy groups -OCH3 is 1. The molecule has 2 nitrogen and oxygen atoms in total. The predicted molar refractivity (Wildman–Crippen MR) is 69.3 cm³/mol. The summed E-state index contributed by atoms with van der Waals surface area (Å²) in [5, 5.41) is 0. The summed E-state index contributed by atoms with van der Waals surface area (Å²) in [7, 11) is 0.667. The van der Waals surface area contributed by atoms with Gasteiger partial charge in [-0.05, 0) is 30.3 Å². The van der Waals surface area contributed by atoms with Crippen LogP contribution in [0.2, 0.25) is 25.7 Å². The second-order valence-electron chi connectivity index (χ2n) is 4.77. The summed E-state index contributed by atoms with van der Waals surface area (Å²) in [5.74, 6) is 0.874. The average Bonchev–Trinajstić information content (AvgIpc) is 2.17. The van der Waals surface area contributed by atoms with E-state index in [0.29, 0.717) is 0 Å². The van der Waals surface area contributed by atoms with Crippen LogP contribution in [0.3, 0.4) is 0 Å². The zero-order valence-corrected chi connectivity index (χ0v) is 10.9. The molecule has 0 aliphatic carbocycles. The second-order valence-corrected chi connectivity index (χ2v) is 10.3. The van der Waals surface area contributed by atoms with Crippen molar-refractivity contribution < 1.29 is 4.74 Å². The zero-order chi connectivity index (χ0) is 11.3. The maximum Gasteiger partial charge on any atom is 0.119 e. The Labute approximate surface area is 93.0 Å². The van der Waals surface area contributed by atoms with Crippen molar-refractivity contribution in [1.29, 1.82) is 0 Å². The molecule has 0 saturated carbocycles. The van der Waals surface area contributed by atoms with Crippen LogP contribution in [0.25, 0.3) is 0 Å². The van der Waals surface area contributed by atoms with Crippen molar-refractivity contribution in [2.24, 2.45) is 4.99 Å². The van der Waals surface area contributed by atoms with Gasteiger partial charge in [-0.2, -0.15) is 0 Å². The van der Waals surface area contributed by atoms with E-state index in [1.807, 2.05) is 30.5 Å². The van der Waals surface area contributed by atoms with Gasteiger partial charge < -0.3 is 4.74 Å². The molecule has 0 aliphatic rings. The van der Waals surface area contributed by atoms with Gasteiger partial charge in [0.1, 0.15) is 5.75 Å². The quantitative estimate of drug-likeness (QED) is 0.560. The van der Waals surface area contributed by atoms with Crippen LogP contribution in [0.1, 0.15) is 0 Å². The minimum atomic E-state index is -1.00. The topological polar surface area (TPSA) is 21.6 Å². The lowest BCUT2D eigenvalue weighted by atomic mass is 10.3. The van der Waals surface area contributed by atoms with Crippen molar-refractivity contribution in [3.63, 3.8) is 0 Å². The fraction of sp³-hybridized carbons (Fsp3) is 0.417. The maximum absolute atomic E-state index is 5.08. The van der Waals surface area contributed by atoms with E-state index < -0.39 is 8.07 Å². The second kappa shape index (κ2) is 5.12. The van der Waals surface area contributed by atoms with Gasteiger partial charge in [-0.25, -0.2) is 0 Å². The van der Waals surface area contributed by atoms with E-state index in [1.165, 1.54) is 0 Å². The molecule has 3 heteroatoms. The molecule has 0 aromatic heterocycles. The summed E-state index contributed by atoms with van der Waals surface area (Å²) in [6, 6.07) is 8.93. The van der Waals surface area contributed by atoms with E-state index in [0.717, 1.165) is 17.5 Å². The van der Waals surface area contributed by atoms with Crippen LogP contribution in [0.5, 0.6) is 5.75 Å². The number of rotatable bonds is 4. The summed E-state index contributed by atoms with van der Waals surface area (Å²) >= 11 is 0. The van der Waals surface area contributed by atoms with E-state index in [2.05, 4.69) is 24.6 Å². The summed E-state index contributed by atoms with van der Waals surface area (Å²) in [5.41, 5.74) is 0.994. The Morgan fingerprint density at radius 3 is 2.27 bits per heavy atom. The van der Waals surface area contributed by atoms with Crippen LogP contribution in [0, 0.1) is 0 Å². The van der Waals surface area contributed by atoms with Gasteiger partial charge in [0.15, 0.2) is 0 Å². The third-order valence-corrected chi connectivity index (χ3v) is 3.42. The van der Waals surface area contributed by atoms with Gasteiger partial charge in [-0.3, -0.25) is 4.99 Å². The van der Waals surface area contributed by atoms with Crippen molar-refractivity contribution >= 4 is 20.0 Å². The van der Waals surface area contributed by atoms with Crippen molar-refractivity contribution in [1.82, 2.24) is 0 Å². The molecule has 0 bridgehead atoms. The molecule has 0 unspecified atom stereocenters. The van der Waals surface area contributed by atoms with E-state index in [-0.39, 0.29) is 0 Å². The van der Waals surface area contributed by atoms with E-state index >= 15 is 0 Å². The molecule has 0 radical (unpaired) electrons. The number of benzene rings is 1. The third-order valence-electron chi connectivity index (χ3n) is 2.02. The molecule has 0 fully saturated rings. The zero-order valence-electron chi connectivity index (χ0n) is 9.95. The van der Waals surface area contributed by atoms with E-state index in [4.69, 9.17) is 4.74 Å². The highest BCUT2D eigenvalue weighted by atomic mass is 28.3. The molecular weight excluding hydrogens is 202 g/mol. The summed E-state index contributed by atoms with van der Waals surface area (Å²) < 4.78 is 5.08. The lowest BCUT2D eigenvalue weighted by Crippen LogP contribution is -2.19. The first-order valence-corrected chi connectivity index (χ1v) is 8.88. The standard InChI is InChI=1S/C12H19NOSi/c1-14-12-7-5-11(6-8-12)13-9-10-15(2,3)4/h5-9H,10H2,1-4H3. The Morgan fingerprint density at radius 1 is 1.20 bits per heavy atom. The molecule has 0 spiro atoms. The van der Waals surface area contributed by atoms with Gasteiger partial charge in [0.2, 0.25) is 0 Å². The van der Waals surface area contributed by atoms with Crippen LogP contribution >= 0.6 is 0 Å². The minimum absolute atomic E-state index is 0.874. The number of hydrogen-bond donors (Lipinski definition) is 0. The highest BCUT2D eigenvalue weighted by Gasteiger charge is 2.09. The fourth-order valence-electron chi connectivity index (χ4n) is 1.09. The molecule has 1 aromatic rings. The van der Waals surface area contributed by atoms with E-state index in [9.17, 15) is 0 Å². The van der Waals surface area contributed by atoms with Crippen LogP contribution in [0.15, 0.2) is 29.3 Å². The highest BCUT2D eigenvalue weighted by Crippen LogP contribution is 2.17. The first kappa shape index (κ1) is 12.0. The highest BCUT2D eigenvalue weighted by molar-refractivity contribution is 6.78. The number of ether oxygens (including phenoxy) is 1. The monoisotopic (exact) mass is 221 g/mol. The summed E-state index contributed by atoms with van der Waals surface area (Å²) in [6.07, 6.45) is 2.04. The first-order valence-electron chi connectivity index (χ1n) is 5.18. The lowest BCUT2D eigenvalue weighted by molar-refractivity contribution is 0.415. The van der Waals surface area contributed by atoms with Crippen LogP contribution in [-0.2, 0) is 0 Å². The van der Waals surface area contributed by atoms with Crippen molar-refractivity contribution in [2.45, 2.75) is 25.7 Å². The number of hydrogen-bond acceptors (Lipinski definition) is 2. The van der Waals surface area contributed by atoms with Gasteiger partial charge in [0, 0.05) is 14.3 Å². The van der Waals surface area contributed by atoms with Crippen molar-refractivity contribution in [3.05, 3.63) is 24.3 Å². The Bertz CT molecular complexity index is 324. The Hall–Kier alpha value is -1.09. The number of aliphatic imine (C=N–C) groups is 1. The van der Waals surface area contributed by atoms with Crippen LogP contribution in [-0.4, -0.2) is 21.4 Å². The largest absolute Gasteiger partial charge is 0.497 e. The Morgan fingerprint density at radius 2 is 1.80 bits per heavy atom. The number of nitrogens with zero attached hydrogens (tertiary/aromatic N) is 1. The van der Waals surface area contributed by atoms with Gasteiger partial charge in [0.05, 0.1) is 12.8 Å². The summed E-state index contributed by atoms with van der Waals surface area (Å²) in [6.45, 7) is 7.02. The maximum atomic E-state index is 5.08. The van der Waals surface area contributed by atoms with Crippen molar-refractivity contribution in [2.75, 3.05) is 7.11 Å². The minimum Gasteiger partial charge on any atom is -0.497 e. The molecule has 0 saturated heterocycles. The molecule has 0 aliphatic heterocycles. The van der Waals surface area contributed by atoms with E-state index in [1.54, 1.807) is 7.11 Å². The fourth-order valence-corrected chi connectivity index (χ4v) is 1.73. The van der Waals surface area contributed by atoms with Gasteiger partial charge in [-0.15, -0.1) is 0 Å². The molecule has 82 valence electrons. The smallest absolute Gasteiger partial charge is 0.119 e. The molecule has 15 heavy (non-hydrogen) atoms. The molecule has 0 amide bonds. The normalized spacial score (nSPS) is 12.0. The first-order chi connectivity index (χ1) is 7.01. The average molecular weight is 221 g/mol. The Kier molecular flexibility index (Phi) is 4.09. The Balaban J connectivity index is 2.57. The summed E-state index contributed by atoms with van der Waals surface area (Å²) in [4.78, 5) is 4.42. The molecule has 1 aromatic carbocycles. The van der Waals surface area contributed by atoms with Crippen LogP contribution in [0.4, 0.5) is 5.69 Å². The predicted octanol–water partition coefficient (Wildman–Crippen LogP) is 3.74. The molecule has 0 atom stereocenters. The lowest BCUT2D eigenvalue weighted by Gasteiger charge is -2.10. The SMILES string of the molecule is COc1ccc(N=CC[Si](C)(C)C)cc1.